The zero-order valence-electron chi connectivity index (χ0n) is 8.92. The molecule has 1 heterocycles. The molecule has 94 valence electrons. The topological polar surface area (TPSA) is 75.9 Å². The second-order valence-electron chi connectivity index (χ2n) is 3.30. The number of nitrogens with two attached hydrogens (primary N) is 1. The average Bonchev–Trinajstić information content (AvgIpc) is 2.34. The molecule has 0 fully saturated rings. The molecule has 1 aromatic heterocycles. The standard InChI is InChI=1S/C10H8BrClFN5/c11-6-1-5(13)2-7(12)10(6)17-8-3-15-4-9(16-8)18-14/h1-4H,14H2,(H2,16,17,18). The number of halogens is 3. The lowest BCUT2D eigenvalue weighted by molar-refractivity contribution is 0.627. The first-order valence-corrected chi connectivity index (χ1v) is 5.97. The lowest BCUT2D eigenvalue weighted by Gasteiger charge is -2.10. The van der Waals surface area contributed by atoms with Crippen LogP contribution in [0.2, 0.25) is 5.02 Å². The Hall–Kier alpha value is -1.44. The van der Waals surface area contributed by atoms with Crippen LogP contribution >= 0.6 is 27.5 Å². The van der Waals surface area contributed by atoms with Gasteiger partial charge in [-0.2, -0.15) is 0 Å². The highest BCUT2D eigenvalue weighted by atomic mass is 79.9. The lowest BCUT2D eigenvalue weighted by Crippen LogP contribution is -2.09. The van der Waals surface area contributed by atoms with E-state index in [1.165, 1.54) is 24.5 Å². The number of nitrogens with one attached hydrogen (secondary N) is 2. The zero-order chi connectivity index (χ0) is 13.1. The summed E-state index contributed by atoms with van der Waals surface area (Å²) < 4.78 is 13.6. The molecule has 0 aliphatic rings. The minimum Gasteiger partial charge on any atom is -0.337 e. The summed E-state index contributed by atoms with van der Waals surface area (Å²) in [6.07, 6.45) is 2.96. The van der Waals surface area contributed by atoms with Gasteiger partial charge in [-0.1, -0.05) is 11.6 Å². The number of anilines is 3. The van der Waals surface area contributed by atoms with Crippen LogP contribution in [0, 0.1) is 5.82 Å². The summed E-state index contributed by atoms with van der Waals surface area (Å²) in [5.74, 6) is 5.62. The van der Waals surface area contributed by atoms with Crippen LogP contribution in [-0.4, -0.2) is 9.97 Å². The third-order valence-corrected chi connectivity index (χ3v) is 2.97. The molecule has 0 unspecified atom stereocenters. The third-order valence-electron chi connectivity index (χ3n) is 2.04. The van der Waals surface area contributed by atoms with E-state index in [2.05, 4.69) is 36.6 Å². The molecule has 1 aromatic carbocycles. The number of aromatic nitrogens is 2. The Morgan fingerprint density at radius 3 is 2.67 bits per heavy atom. The summed E-state index contributed by atoms with van der Waals surface area (Å²) in [4.78, 5) is 8.04. The monoisotopic (exact) mass is 331 g/mol. The van der Waals surface area contributed by atoms with Gasteiger partial charge in [0, 0.05) is 4.47 Å². The number of hydrazine groups is 1. The van der Waals surface area contributed by atoms with Gasteiger partial charge in [-0.3, -0.25) is 4.98 Å². The molecule has 2 aromatic rings. The van der Waals surface area contributed by atoms with Crippen LogP contribution in [0.15, 0.2) is 29.0 Å². The smallest absolute Gasteiger partial charge is 0.160 e. The summed E-state index contributed by atoms with van der Waals surface area (Å²) in [6, 6.07) is 2.50. The van der Waals surface area contributed by atoms with E-state index in [9.17, 15) is 4.39 Å². The molecule has 0 saturated heterocycles. The number of rotatable bonds is 3. The Morgan fingerprint density at radius 1 is 1.28 bits per heavy atom. The number of hydrogen-bond donors (Lipinski definition) is 3. The van der Waals surface area contributed by atoms with Crippen LogP contribution in [0.25, 0.3) is 0 Å². The van der Waals surface area contributed by atoms with E-state index < -0.39 is 5.82 Å². The van der Waals surface area contributed by atoms with Crippen molar-refractivity contribution in [2.24, 2.45) is 5.84 Å². The maximum atomic E-state index is 13.1. The van der Waals surface area contributed by atoms with Gasteiger partial charge in [-0.25, -0.2) is 15.2 Å². The van der Waals surface area contributed by atoms with Crippen molar-refractivity contribution in [2.45, 2.75) is 0 Å². The molecule has 4 N–H and O–H groups in total. The van der Waals surface area contributed by atoms with Gasteiger partial charge in [-0.15, -0.1) is 0 Å². The quantitative estimate of drug-likeness (QED) is 0.595. The van der Waals surface area contributed by atoms with Crippen LogP contribution in [0.4, 0.5) is 21.7 Å². The molecule has 0 amide bonds. The van der Waals surface area contributed by atoms with Gasteiger partial charge in [0.15, 0.2) is 11.6 Å². The highest BCUT2D eigenvalue weighted by Crippen LogP contribution is 2.33. The number of benzene rings is 1. The van der Waals surface area contributed by atoms with Gasteiger partial charge in [0.1, 0.15) is 5.82 Å². The first kappa shape index (κ1) is 13.0. The highest BCUT2D eigenvalue weighted by Gasteiger charge is 2.09. The maximum absolute atomic E-state index is 13.1. The van der Waals surface area contributed by atoms with E-state index in [4.69, 9.17) is 17.4 Å². The van der Waals surface area contributed by atoms with Crippen LogP contribution < -0.4 is 16.6 Å². The van der Waals surface area contributed by atoms with Crippen molar-refractivity contribution < 1.29 is 4.39 Å². The van der Waals surface area contributed by atoms with E-state index in [0.29, 0.717) is 21.8 Å². The molecular formula is C10H8BrClFN5. The largest absolute Gasteiger partial charge is 0.337 e. The second kappa shape index (κ2) is 5.47. The molecule has 0 bridgehead atoms. The number of nitrogens with zero attached hydrogens (tertiary/aromatic N) is 2. The van der Waals surface area contributed by atoms with E-state index >= 15 is 0 Å². The van der Waals surface area contributed by atoms with Gasteiger partial charge >= 0.3 is 0 Å². The van der Waals surface area contributed by atoms with E-state index in [0.717, 1.165) is 0 Å². The summed E-state index contributed by atoms with van der Waals surface area (Å²) >= 11 is 9.15. The van der Waals surface area contributed by atoms with Crippen LogP contribution in [0.1, 0.15) is 0 Å². The Balaban J connectivity index is 2.33. The van der Waals surface area contributed by atoms with E-state index in [1.807, 2.05) is 0 Å². The second-order valence-corrected chi connectivity index (χ2v) is 4.56. The Labute approximate surface area is 116 Å². The first-order valence-electron chi connectivity index (χ1n) is 4.80. The molecular weight excluding hydrogens is 324 g/mol. The fourth-order valence-electron chi connectivity index (χ4n) is 1.29. The minimum absolute atomic E-state index is 0.231. The molecule has 8 heteroatoms. The predicted molar refractivity (Wildman–Crippen MR) is 72.2 cm³/mol. The molecule has 0 aliphatic heterocycles. The lowest BCUT2D eigenvalue weighted by atomic mass is 10.3. The third kappa shape index (κ3) is 2.87. The Morgan fingerprint density at radius 2 is 2.00 bits per heavy atom. The van der Waals surface area contributed by atoms with Crippen LogP contribution in [0.3, 0.4) is 0 Å². The van der Waals surface area contributed by atoms with Crippen molar-refractivity contribution in [3.63, 3.8) is 0 Å². The molecule has 18 heavy (non-hydrogen) atoms. The van der Waals surface area contributed by atoms with Gasteiger partial charge in [0.25, 0.3) is 0 Å². The molecule has 5 nitrogen and oxygen atoms in total. The molecule has 0 spiro atoms. The SMILES string of the molecule is NNc1cncc(Nc2c(Cl)cc(F)cc2Br)n1. The van der Waals surface area contributed by atoms with Gasteiger partial charge in [-0.05, 0) is 28.1 Å². The fourth-order valence-corrected chi connectivity index (χ4v) is 2.18. The molecule has 2 rings (SSSR count). The summed E-state index contributed by atoms with van der Waals surface area (Å²) in [7, 11) is 0. The van der Waals surface area contributed by atoms with Crippen molar-refractivity contribution >= 4 is 44.9 Å². The highest BCUT2D eigenvalue weighted by molar-refractivity contribution is 9.10. The van der Waals surface area contributed by atoms with Gasteiger partial charge < -0.3 is 10.7 Å². The van der Waals surface area contributed by atoms with Gasteiger partial charge in [0.2, 0.25) is 0 Å². The van der Waals surface area contributed by atoms with Crippen molar-refractivity contribution in [1.29, 1.82) is 0 Å². The molecule has 0 radical (unpaired) electrons. The summed E-state index contributed by atoms with van der Waals surface area (Å²) in [6.45, 7) is 0. The number of nitrogen functional groups attached to an aromatic ring is 1. The molecule has 0 aliphatic carbocycles. The normalized spacial score (nSPS) is 10.2. The fraction of sp³-hybridized carbons (Fsp3) is 0. The summed E-state index contributed by atoms with van der Waals surface area (Å²) in [5.41, 5.74) is 2.87. The van der Waals surface area contributed by atoms with Gasteiger partial charge in [0.05, 0.1) is 23.1 Å². The number of hydrogen-bond acceptors (Lipinski definition) is 5. The minimum atomic E-state index is -0.430. The first-order chi connectivity index (χ1) is 8.60. The van der Waals surface area contributed by atoms with Crippen molar-refractivity contribution in [2.75, 3.05) is 10.7 Å². The van der Waals surface area contributed by atoms with Crippen LogP contribution in [-0.2, 0) is 0 Å². The Bertz CT molecular complexity index is 557. The summed E-state index contributed by atoms with van der Waals surface area (Å²) in [5, 5.41) is 3.16. The molecule has 0 atom stereocenters. The van der Waals surface area contributed by atoms with E-state index in [1.54, 1.807) is 0 Å². The van der Waals surface area contributed by atoms with Crippen molar-refractivity contribution in [1.82, 2.24) is 9.97 Å². The maximum Gasteiger partial charge on any atom is 0.160 e. The molecule has 0 saturated carbocycles. The predicted octanol–water partition coefficient (Wildman–Crippen LogP) is 3.06. The van der Waals surface area contributed by atoms with Crippen molar-refractivity contribution in [3.8, 4) is 0 Å². The zero-order valence-corrected chi connectivity index (χ0v) is 11.3. The average molecular weight is 333 g/mol. The van der Waals surface area contributed by atoms with Crippen molar-refractivity contribution in [3.05, 3.63) is 39.8 Å². The van der Waals surface area contributed by atoms with Crippen LogP contribution in [0.5, 0.6) is 0 Å². The Kier molecular flexibility index (Phi) is 3.95. The van der Waals surface area contributed by atoms with E-state index in [-0.39, 0.29) is 5.02 Å².